The average molecular weight is 563 g/mol. The molecule has 2 aromatic carbocycles. The SMILES string of the molecule is CC(C)(C)C1[C@H](CC(=O)Nc2ccc3cc2CCc2cccc(c2)Nc2ncc(Cl)c(n2)N3)CCCN1C(=O)O. The van der Waals surface area contributed by atoms with Crippen molar-refractivity contribution < 1.29 is 14.7 Å². The third-order valence-corrected chi connectivity index (χ3v) is 7.87. The number of carbonyl (C=O) groups is 2. The molecule has 2 aliphatic heterocycles. The van der Waals surface area contributed by atoms with Crippen LogP contribution in [0.3, 0.4) is 0 Å². The average Bonchev–Trinajstić information content (AvgIpc) is 2.90. The molecule has 0 radical (unpaired) electrons. The number of likely N-dealkylation sites (tertiary alicyclic amines) is 1. The number of carbonyl (C=O) groups excluding carboxylic acids is 1. The van der Waals surface area contributed by atoms with Crippen LogP contribution >= 0.6 is 11.6 Å². The molecule has 2 atom stereocenters. The first-order valence-electron chi connectivity index (χ1n) is 13.6. The van der Waals surface area contributed by atoms with Crippen LogP contribution < -0.4 is 16.0 Å². The maximum absolute atomic E-state index is 13.4. The van der Waals surface area contributed by atoms with Crippen molar-refractivity contribution in [2.24, 2.45) is 11.3 Å². The van der Waals surface area contributed by atoms with Gasteiger partial charge in [-0.1, -0.05) is 44.5 Å². The third-order valence-electron chi connectivity index (χ3n) is 7.59. The number of anilines is 5. The number of hydrogen-bond acceptors (Lipinski definition) is 6. The van der Waals surface area contributed by atoms with Gasteiger partial charge in [-0.3, -0.25) is 4.79 Å². The summed E-state index contributed by atoms with van der Waals surface area (Å²) < 4.78 is 0. The summed E-state index contributed by atoms with van der Waals surface area (Å²) in [6.45, 7) is 6.63. The molecular weight excluding hydrogens is 528 g/mol. The van der Waals surface area contributed by atoms with Crippen LogP contribution in [0, 0.1) is 11.3 Å². The van der Waals surface area contributed by atoms with Gasteiger partial charge in [-0.05, 0) is 78.5 Å². The van der Waals surface area contributed by atoms with E-state index in [0.717, 1.165) is 47.5 Å². The number of halogens is 1. The van der Waals surface area contributed by atoms with Crippen LogP contribution in [0.1, 0.15) is 51.2 Å². The highest BCUT2D eigenvalue weighted by Gasteiger charge is 2.42. The second kappa shape index (κ2) is 11.3. The molecular formula is C30H35ClN6O3. The van der Waals surface area contributed by atoms with Gasteiger partial charge in [0.05, 0.1) is 6.20 Å². The van der Waals surface area contributed by atoms with Crippen LogP contribution in [0.2, 0.25) is 5.02 Å². The minimum absolute atomic E-state index is 0.0554. The van der Waals surface area contributed by atoms with Crippen molar-refractivity contribution in [1.82, 2.24) is 14.9 Å². The Labute approximate surface area is 239 Å². The normalized spacial score (nSPS) is 18.8. The topological polar surface area (TPSA) is 119 Å². The molecule has 4 N–H and O–H groups in total. The number of benzene rings is 2. The molecule has 1 saturated heterocycles. The van der Waals surface area contributed by atoms with E-state index >= 15 is 0 Å². The minimum atomic E-state index is -0.922. The third kappa shape index (κ3) is 6.31. The summed E-state index contributed by atoms with van der Waals surface area (Å²) in [6.07, 6.45) is 3.94. The lowest BCUT2D eigenvalue weighted by atomic mass is 9.73. The van der Waals surface area contributed by atoms with E-state index in [-0.39, 0.29) is 29.7 Å². The van der Waals surface area contributed by atoms with Gasteiger partial charge < -0.3 is 26.0 Å². The van der Waals surface area contributed by atoms with Gasteiger partial charge in [0.15, 0.2) is 5.82 Å². The summed E-state index contributed by atoms with van der Waals surface area (Å²) in [5.41, 5.74) is 4.25. The fraction of sp³-hybridized carbons (Fsp3) is 0.400. The molecule has 0 spiro atoms. The number of aromatic nitrogens is 2. The summed E-state index contributed by atoms with van der Waals surface area (Å²) in [5, 5.41) is 19.9. The molecule has 1 fully saturated rings. The molecule has 6 bridgehead atoms. The Balaban J connectivity index is 1.41. The Kier molecular flexibility index (Phi) is 7.85. The van der Waals surface area contributed by atoms with Gasteiger partial charge in [0, 0.05) is 36.1 Å². The van der Waals surface area contributed by atoms with E-state index in [2.05, 4.69) is 38.1 Å². The van der Waals surface area contributed by atoms with E-state index in [1.807, 2.05) is 51.1 Å². The van der Waals surface area contributed by atoms with Crippen molar-refractivity contribution in [3.05, 3.63) is 64.8 Å². The van der Waals surface area contributed by atoms with Gasteiger partial charge in [-0.15, -0.1) is 0 Å². The number of nitrogens with one attached hydrogen (secondary N) is 3. The van der Waals surface area contributed by atoms with Gasteiger partial charge in [-0.2, -0.15) is 4.98 Å². The number of amides is 2. The highest BCUT2D eigenvalue weighted by atomic mass is 35.5. The smallest absolute Gasteiger partial charge is 0.407 e. The second-order valence-electron chi connectivity index (χ2n) is 11.7. The molecule has 3 aromatic rings. The Bertz CT molecular complexity index is 1420. The predicted octanol–water partition coefficient (Wildman–Crippen LogP) is 6.85. The first-order chi connectivity index (χ1) is 19.1. The second-order valence-corrected chi connectivity index (χ2v) is 12.1. The number of carboxylic acid groups (broad SMARTS) is 1. The largest absolute Gasteiger partial charge is 0.465 e. The summed E-state index contributed by atoms with van der Waals surface area (Å²) in [4.78, 5) is 35.7. The lowest BCUT2D eigenvalue weighted by Gasteiger charge is -2.46. The van der Waals surface area contributed by atoms with E-state index in [9.17, 15) is 14.7 Å². The van der Waals surface area contributed by atoms with Crippen molar-refractivity contribution >= 4 is 52.4 Å². The van der Waals surface area contributed by atoms with Crippen LogP contribution in [-0.2, 0) is 17.6 Å². The van der Waals surface area contributed by atoms with Crippen LogP contribution in [0.15, 0.2) is 48.7 Å². The quantitative estimate of drug-likeness (QED) is 0.275. The van der Waals surface area contributed by atoms with Crippen LogP contribution in [0.5, 0.6) is 0 Å². The highest BCUT2D eigenvalue weighted by Crippen LogP contribution is 2.38. The molecule has 2 amide bonds. The standard InChI is InChI=1S/C30H35ClN6O3/c1-30(2,3)26-20(7-5-13-37(26)29(39)40)16-25(38)35-24-12-11-22-15-19(24)10-9-18-6-4-8-21(14-18)34-28-32-17-23(31)27(33-22)36-28/h4,6,8,11-12,14-15,17,20,26H,5,7,9-10,13,16H2,1-3H3,(H,35,38)(H,39,40)(H2,32,33,34,36)/t20-,26?/m0/s1. The molecule has 2 aliphatic rings. The molecule has 0 aliphatic carbocycles. The lowest BCUT2D eigenvalue weighted by Crippen LogP contribution is -2.54. The first kappa shape index (κ1) is 27.7. The molecule has 9 nitrogen and oxygen atoms in total. The zero-order valence-corrected chi connectivity index (χ0v) is 23.8. The van der Waals surface area contributed by atoms with Crippen molar-refractivity contribution in [2.75, 3.05) is 22.5 Å². The monoisotopic (exact) mass is 562 g/mol. The summed E-state index contributed by atoms with van der Waals surface area (Å²) in [6, 6.07) is 13.6. The summed E-state index contributed by atoms with van der Waals surface area (Å²) in [5.74, 6) is 0.747. The van der Waals surface area contributed by atoms with Gasteiger partial charge in [0.25, 0.3) is 0 Å². The van der Waals surface area contributed by atoms with Crippen molar-refractivity contribution in [3.63, 3.8) is 0 Å². The Morgan fingerprint density at radius 3 is 2.70 bits per heavy atom. The number of nitrogens with zero attached hydrogens (tertiary/aromatic N) is 3. The summed E-state index contributed by atoms with van der Waals surface area (Å²) in [7, 11) is 0. The summed E-state index contributed by atoms with van der Waals surface area (Å²) >= 11 is 6.39. The first-order valence-corrected chi connectivity index (χ1v) is 14.0. The fourth-order valence-electron chi connectivity index (χ4n) is 5.98. The zero-order valence-electron chi connectivity index (χ0n) is 23.0. The molecule has 1 unspecified atom stereocenters. The number of piperidine rings is 1. The Morgan fingerprint density at radius 2 is 1.93 bits per heavy atom. The number of fused-ring (bicyclic) bond motifs is 6. The predicted molar refractivity (Wildman–Crippen MR) is 158 cm³/mol. The Hall–Kier alpha value is -3.85. The number of rotatable bonds is 3. The highest BCUT2D eigenvalue weighted by molar-refractivity contribution is 6.32. The van der Waals surface area contributed by atoms with Crippen LogP contribution in [0.25, 0.3) is 0 Å². The maximum Gasteiger partial charge on any atom is 0.407 e. The molecule has 5 rings (SSSR count). The maximum atomic E-state index is 13.4. The molecule has 3 heterocycles. The van der Waals surface area contributed by atoms with Crippen molar-refractivity contribution in [3.8, 4) is 0 Å². The van der Waals surface area contributed by atoms with Gasteiger partial charge >= 0.3 is 6.09 Å². The minimum Gasteiger partial charge on any atom is -0.465 e. The molecule has 1 aromatic heterocycles. The van der Waals surface area contributed by atoms with Gasteiger partial charge in [-0.25, -0.2) is 9.78 Å². The lowest BCUT2D eigenvalue weighted by molar-refractivity contribution is -0.118. The van der Waals surface area contributed by atoms with Gasteiger partial charge in [0.1, 0.15) is 5.02 Å². The van der Waals surface area contributed by atoms with Crippen LogP contribution in [0.4, 0.5) is 33.6 Å². The Morgan fingerprint density at radius 1 is 1.12 bits per heavy atom. The molecule has 40 heavy (non-hydrogen) atoms. The van der Waals surface area contributed by atoms with Crippen molar-refractivity contribution in [2.45, 2.75) is 58.9 Å². The zero-order chi connectivity index (χ0) is 28.4. The van der Waals surface area contributed by atoms with Gasteiger partial charge in [0.2, 0.25) is 11.9 Å². The number of aryl methyl sites for hydroxylation is 2. The van der Waals surface area contributed by atoms with E-state index in [1.165, 1.54) is 4.90 Å². The van der Waals surface area contributed by atoms with E-state index in [4.69, 9.17) is 11.6 Å². The van der Waals surface area contributed by atoms with Crippen LogP contribution in [-0.4, -0.2) is 44.6 Å². The molecule has 0 saturated carbocycles. The van der Waals surface area contributed by atoms with E-state index in [0.29, 0.717) is 29.8 Å². The molecule has 210 valence electrons. The fourth-order valence-corrected chi connectivity index (χ4v) is 6.12. The van der Waals surface area contributed by atoms with Crippen molar-refractivity contribution in [1.29, 1.82) is 0 Å². The van der Waals surface area contributed by atoms with E-state index < -0.39 is 6.09 Å². The molecule has 10 heteroatoms. The van der Waals surface area contributed by atoms with E-state index in [1.54, 1.807) is 6.20 Å². The number of hydrogen-bond donors (Lipinski definition) is 4.